The first kappa shape index (κ1) is 11.9. The van der Waals surface area contributed by atoms with Crippen LogP contribution in [0.1, 0.15) is 34.1 Å². The van der Waals surface area contributed by atoms with E-state index in [1.165, 1.54) is 6.42 Å². The highest BCUT2D eigenvalue weighted by atomic mass is 15.0. The van der Waals surface area contributed by atoms with E-state index < -0.39 is 0 Å². The minimum Gasteiger partial charge on any atom is -0.316 e. The van der Waals surface area contributed by atoms with Crippen LogP contribution in [0, 0.1) is 5.41 Å². The molecule has 0 aromatic rings. The summed E-state index contributed by atoms with van der Waals surface area (Å²) < 4.78 is 0. The highest BCUT2D eigenvalue weighted by Crippen LogP contribution is 2.24. The van der Waals surface area contributed by atoms with Gasteiger partial charge in [0.05, 0.1) is 0 Å². The van der Waals surface area contributed by atoms with Crippen LogP contribution >= 0.6 is 0 Å². The molecule has 0 aliphatic carbocycles. The zero-order valence-electron chi connectivity index (χ0n) is 9.20. The van der Waals surface area contributed by atoms with Gasteiger partial charge >= 0.3 is 0 Å². The molecule has 0 bridgehead atoms. The van der Waals surface area contributed by atoms with Gasteiger partial charge in [-0.3, -0.25) is 0 Å². The van der Waals surface area contributed by atoms with Crippen molar-refractivity contribution in [3.63, 3.8) is 0 Å². The van der Waals surface area contributed by atoms with E-state index >= 15 is 0 Å². The van der Waals surface area contributed by atoms with Crippen molar-refractivity contribution in [2.75, 3.05) is 20.1 Å². The zero-order valence-corrected chi connectivity index (χ0v) is 9.20. The summed E-state index contributed by atoms with van der Waals surface area (Å²) >= 11 is 0. The van der Waals surface area contributed by atoms with Crippen LogP contribution in [0.4, 0.5) is 0 Å². The molecule has 1 fully saturated rings. The van der Waals surface area contributed by atoms with Crippen LogP contribution in [0.2, 0.25) is 0 Å². The normalized spacial score (nSPS) is 27.2. The molecule has 12 heavy (non-hydrogen) atoms. The van der Waals surface area contributed by atoms with Crippen molar-refractivity contribution in [3.8, 4) is 0 Å². The first-order valence-corrected chi connectivity index (χ1v) is 5.05. The Hall–Kier alpha value is -0.0800. The molecule has 0 aromatic carbocycles. The SMILES string of the molecule is CC.CNC1CCNCC1(C)C. The summed E-state index contributed by atoms with van der Waals surface area (Å²) in [5.41, 5.74) is 0.424. The number of nitrogens with one attached hydrogen (secondary N) is 2. The minimum absolute atomic E-state index is 0.424. The molecule has 1 unspecified atom stereocenters. The first-order chi connectivity index (χ1) is 5.67. The molecule has 0 amide bonds. The smallest absolute Gasteiger partial charge is 0.0139 e. The summed E-state index contributed by atoms with van der Waals surface area (Å²) in [5.74, 6) is 0. The Morgan fingerprint density at radius 3 is 2.25 bits per heavy atom. The zero-order chi connectivity index (χ0) is 9.61. The molecule has 1 aliphatic rings. The van der Waals surface area contributed by atoms with Crippen LogP contribution in [-0.2, 0) is 0 Å². The molecule has 1 rings (SSSR count). The van der Waals surface area contributed by atoms with E-state index in [0.717, 1.165) is 13.1 Å². The Kier molecular flexibility index (Phi) is 5.51. The molecular weight excluding hydrogens is 148 g/mol. The summed E-state index contributed by atoms with van der Waals surface area (Å²) in [7, 11) is 2.05. The largest absolute Gasteiger partial charge is 0.316 e. The van der Waals surface area contributed by atoms with Crippen molar-refractivity contribution < 1.29 is 0 Å². The number of rotatable bonds is 1. The molecule has 1 aliphatic heterocycles. The molecule has 0 saturated carbocycles. The van der Waals surface area contributed by atoms with Gasteiger partial charge in [0.25, 0.3) is 0 Å². The monoisotopic (exact) mass is 172 g/mol. The highest BCUT2D eigenvalue weighted by Gasteiger charge is 2.30. The maximum Gasteiger partial charge on any atom is 0.0139 e. The fraction of sp³-hybridized carbons (Fsp3) is 1.00. The van der Waals surface area contributed by atoms with E-state index in [4.69, 9.17) is 0 Å². The van der Waals surface area contributed by atoms with Crippen LogP contribution < -0.4 is 10.6 Å². The van der Waals surface area contributed by atoms with Crippen LogP contribution in [0.5, 0.6) is 0 Å². The van der Waals surface area contributed by atoms with E-state index in [9.17, 15) is 0 Å². The Morgan fingerprint density at radius 2 is 1.92 bits per heavy atom. The average molecular weight is 172 g/mol. The third kappa shape index (κ3) is 3.11. The van der Waals surface area contributed by atoms with Gasteiger partial charge in [0, 0.05) is 12.6 Å². The Labute approximate surface area is 77.1 Å². The van der Waals surface area contributed by atoms with Crippen LogP contribution in [0.3, 0.4) is 0 Å². The maximum absolute atomic E-state index is 3.40. The lowest BCUT2D eigenvalue weighted by Gasteiger charge is -2.38. The highest BCUT2D eigenvalue weighted by molar-refractivity contribution is 4.89. The lowest BCUT2D eigenvalue weighted by Crippen LogP contribution is -2.51. The fourth-order valence-electron chi connectivity index (χ4n) is 1.71. The van der Waals surface area contributed by atoms with E-state index in [1.54, 1.807) is 0 Å². The number of hydrogen-bond acceptors (Lipinski definition) is 2. The van der Waals surface area contributed by atoms with E-state index in [2.05, 4.69) is 31.5 Å². The molecule has 0 aromatic heterocycles. The van der Waals surface area contributed by atoms with Crippen molar-refractivity contribution in [1.82, 2.24) is 10.6 Å². The van der Waals surface area contributed by atoms with Gasteiger partial charge in [-0.05, 0) is 25.4 Å². The standard InChI is InChI=1S/C8H18N2.C2H6/c1-8(2)6-10-5-4-7(8)9-3;1-2/h7,9-10H,4-6H2,1-3H3;1-2H3. The second-order valence-corrected chi connectivity index (χ2v) is 3.80. The predicted molar refractivity (Wildman–Crippen MR) is 55.5 cm³/mol. The molecule has 1 saturated heterocycles. The van der Waals surface area contributed by atoms with Gasteiger partial charge in [-0.15, -0.1) is 0 Å². The Bertz CT molecular complexity index is 110. The number of hydrogen-bond donors (Lipinski definition) is 2. The summed E-state index contributed by atoms with van der Waals surface area (Å²) in [5, 5.41) is 6.75. The van der Waals surface area contributed by atoms with Crippen molar-refractivity contribution in [1.29, 1.82) is 0 Å². The third-order valence-corrected chi connectivity index (χ3v) is 2.48. The van der Waals surface area contributed by atoms with Crippen molar-refractivity contribution in [2.45, 2.75) is 40.2 Å². The quantitative estimate of drug-likeness (QED) is 0.628. The average Bonchev–Trinajstić information content (AvgIpc) is 2.07. The molecule has 2 heteroatoms. The third-order valence-electron chi connectivity index (χ3n) is 2.48. The molecule has 2 N–H and O–H groups in total. The molecule has 2 nitrogen and oxygen atoms in total. The maximum atomic E-state index is 3.40. The van der Waals surface area contributed by atoms with E-state index in [-0.39, 0.29) is 0 Å². The van der Waals surface area contributed by atoms with Gasteiger partial charge in [0.2, 0.25) is 0 Å². The topological polar surface area (TPSA) is 24.1 Å². The predicted octanol–water partition coefficient (Wildman–Crippen LogP) is 1.62. The molecule has 74 valence electrons. The second kappa shape index (κ2) is 5.55. The Morgan fingerprint density at radius 1 is 1.33 bits per heavy atom. The van der Waals surface area contributed by atoms with E-state index in [0.29, 0.717) is 11.5 Å². The van der Waals surface area contributed by atoms with Gasteiger partial charge in [0.15, 0.2) is 0 Å². The van der Waals surface area contributed by atoms with Gasteiger partial charge in [-0.2, -0.15) is 0 Å². The summed E-state index contributed by atoms with van der Waals surface area (Å²) in [6.07, 6.45) is 1.25. The lowest BCUT2D eigenvalue weighted by molar-refractivity contribution is 0.194. The Balaban J connectivity index is 0.000000561. The first-order valence-electron chi connectivity index (χ1n) is 5.05. The molecule has 0 radical (unpaired) electrons. The van der Waals surface area contributed by atoms with Gasteiger partial charge < -0.3 is 10.6 Å². The summed E-state index contributed by atoms with van der Waals surface area (Å²) in [6.45, 7) is 10.9. The lowest BCUT2D eigenvalue weighted by atomic mass is 9.80. The fourth-order valence-corrected chi connectivity index (χ4v) is 1.71. The van der Waals surface area contributed by atoms with Crippen LogP contribution in [0.25, 0.3) is 0 Å². The second-order valence-electron chi connectivity index (χ2n) is 3.80. The minimum atomic E-state index is 0.424. The van der Waals surface area contributed by atoms with Crippen molar-refractivity contribution >= 4 is 0 Å². The summed E-state index contributed by atoms with van der Waals surface area (Å²) in [6, 6.07) is 0.689. The van der Waals surface area contributed by atoms with Gasteiger partial charge in [-0.1, -0.05) is 27.7 Å². The van der Waals surface area contributed by atoms with Crippen molar-refractivity contribution in [3.05, 3.63) is 0 Å². The number of piperidine rings is 1. The summed E-state index contributed by atoms with van der Waals surface area (Å²) in [4.78, 5) is 0. The van der Waals surface area contributed by atoms with Gasteiger partial charge in [0.1, 0.15) is 0 Å². The molecule has 1 heterocycles. The van der Waals surface area contributed by atoms with E-state index in [1.807, 2.05) is 13.8 Å². The van der Waals surface area contributed by atoms with Crippen molar-refractivity contribution in [2.24, 2.45) is 5.41 Å². The molecular formula is C10H24N2. The van der Waals surface area contributed by atoms with Gasteiger partial charge in [-0.25, -0.2) is 0 Å². The van der Waals surface area contributed by atoms with Crippen LogP contribution in [-0.4, -0.2) is 26.2 Å². The van der Waals surface area contributed by atoms with Crippen LogP contribution in [0.15, 0.2) is 0 Å². The molecule has 1 atom stereocenters. The molecule has 0 spiro atoms.